The van der Waals surface area contributed by atoms with Gasteiger partial charge in [-0.2, -0.15) is 18.2 Å². The molecule has 0 unspecified atom stereocenters. The van der Waals surface area contributed by atoms with E-state index in [-0.39, 0.29) is 28.8 Å². The van der Waals surface area contributed by atoms with Crippen LogP contribution < -0.4 is 5.32 Å². The van der Waals surface area contributed by atoms with Gasteiger partial charge in [0.1, 0.15) is 0 Å². The molecular formula is C18H20F3N3O3. The molecule has 3 rings (SSSR count). The predicted molar refractivity (Wildman–Crippen MR) is 89.8 cm³/mol. The lowest BCUT2D eigenvalue weighted by Gasteiger charge is -2.59. The van der Waals surface area contributed by atoms with Crippen molar-refractivity contribution in [3.63, 3.8) is 0 Å². The molecule has 1 N–H and O–H groups in total. The van der Waals surface area contributed by atoms with Crippen LogP contribution in [0.1, 0.15) is 43.4 Å². The van der Waals surface area contributed by atoms with Crippen LogP contribution in [0.25, 0.3) is 11.4 Å². The van der Waals surface area contributed by atoms with Crippen molar-refractivity contribution in [1.29, 1.82) is 0 Å². The number of methoxy groups -OCH3 is 1. The fourth-order valence-corrected chi connectivity index (χ4v) is 3.19. The van der Waals surface area contributed by atoms with E-state index in [0.29, 0.717) is 17.5 Å². The number of nitrogens with zero attached hydrogens (tertiary/aromatic N) is 2. The molecule has 1 aromatic heterocycles. The molecule has 0 radical (unpaired) electrons. The van der Waals surface area contributed by atoms with E-state index in [4.69, 9.17) is 4.74 Å². The van der Waals surface area contributed by atoms with Crippen LogP contribution in [-0.2, 0) is 10.9 Å². The number of hydrogen-bond acceptors (Lipinski definition) is 5. The van der Waals surface area contributed by atoms with Crippen LogP contribution in [0.2, 0.25) is 0 Å². The van der Waals surface area contributed by atoms with Crippen molar-refractivity contribution < 1.29 is 27.2 Å². The van der Waals surface area contributed by atoms with Gasteiger partial charge in [0.15, 0.2) is 0 Å². The van der Waals surface area contributed by atoms with E-state index in [1.54, 1.807) is 7.11 Å². The molecule has 2 aromatic rings. The first-order chi connectivity index (χ1) is 12.5. The Hall–Kier alpha value is -2.42. The molecule has 0 spiro atoms. The number of ether oxygens (including phenoxy) is 1. The molecule has 1 aliphatic carbocycles. The normalized spacial score (nSPS) is 24.3. The predicted octanol–water partition coefficient (Wildman–Crippen LogP) is 3.69. The minimum atomic E-state index is -4.70. The van der Waals surface area contributed by atoms with E-state index in [9.17, 15) is 18.0 Å². The summed E-state index contributed by atoms with van der Waals surface area (Å²) in [4.78, 5) is 15.8. The van der Waals surface area contributed by atoms with Crippen molar-refractivity contribution in [2.24, 2.45) is 5.41 Å². The minimum Gasteiger partial charge on any atom is -0.378 e. The summed E-state index contributed by atoms with van der Waals surface area (Å²) in [5.74, 6) is -1.86. The molecule has 1 fully saturated rings. The van der Waals surface area contributed by atoms with Crippen molar-refractivity contribution in [2.45, 2.75) is 45.0 Å². The van der Waals surface area contributed by atoms with Gasteiger partial charge >= 0.3 is 12.1 Å². The molecule has 146 valence electrons. The van der Waals surface area contributed by atoms with Crippen LogP contribution in [0.4, 0.5) is 13.2 Å². The van der Waals surface area contributed by atoms with E-state index in [2.05, 4.69) is 20.0 Å². The third-order valence-electron chi connectivity index (χ3n) is 5.66. The Morgan fingerprint density at radius 3 is 2.37 bits per heavy atom. The number of alkyl halides is 3. The van der Waals surface area contributed by atoms with Crippen LogP contribution in [0, 0.1) is 5.41 Å². The average Bonchev–Trinajstić information content (AvgIpc) is 3.11. The quantitative estimate of drug-likeness (QED) is 0.871. The second-order valence-corrected chi connectivity index (χ2v) is 7.39. The summed E-state index contributed by atoms with van der Waals surface area (Å²) in [5.41, 5.74) is 0.182. The highest BCUT2D eigenvalue weighted by Gasteiger charge is 2.58. The van der Waals surface area contributed by atoms with Crippen LogP contribution in [0.3, 0.4) is 0 Å². The van der Waals surface area contributed by atoms with Crippen molar-refractivity contribution >= 4 is 5.91 Å². The highest BCUT2D eigenvalue weighted by atomic mass is 19.4. The van der Waals surface area contributed by atoms with E-state index < -0.39 is 12.1 Å². The van der Waals surface area contributed by atoms with Gasteiger partial charge in [0.25, 0.3) is 5.91 Å². The average molecular weight is 383 g/mol. The molecule has 1 aliphatic rings. The zero-order chi connectivity index (χ0) is 20.0. The lowest BCUT2D eigenvalue weighted by Crippen LogP contribution is -2.68. The van der Waals surface area contributed by atoms with E-state index >= 15 is 0 Å². The molecule has 1 amide bonds. The maximum Gasteiger partial charge on any atom is 0.471 e. The van der Waals surface area contributed by atoms with Gasteiger partial charge in [-0.3, -0.25) is 4.79 Å². The summed E-state index contributed by atoms with van der Waals surface area (Å²) in [6, 6.07) is 5.93. The SMILES string of the molecule is CO[C@]1(C)C[C@@H](NC(=O)c2ccc(-c3noc(C(F)(F)F)n3)cc2)C1(C)C. The smallest absolute Gasteiger partial charge is 0.378 e. The first-order valence-electron chi connectivity index (χ1n) is 8.35. The Balaban J connectivity index is 1.69. The molecule has 27 heavy (non-hydrogen) atoms. The second kappa shape index (κ2) is 6.33. The number of hydrogen-bond donors (Lipinski definition) is 1. The van der Waals surface area contributed by atoms with Crippen molar-refractivity contribution in [1.82, 2.24) is 15.5 Å². The lowest BCUT2D eigenvalue weighted by atomic mass is 9.56. The third-order valence-corrected chi connectivity index (χ3v) is 5.66. The summed E-state index contributed by atoms with van der Waals surface area (Å²) in [6.45, 7) is 6.07. The van der Waals surface area contributed by atoms with Crippen LogP contribution in [-0.4, -0.2) is 34.8 Å². The van der Waals surface area contributed by atoms with Gasteiger partial charge in [-0.05, 0) is 25.5 Å². The van der Waals surface area contributed by atoms with E-state index in [1.807, 2.05) is 20.8 Å². The molecule has 6 nitrogen and oxygen atoms in total. The van der Waals surface area contributed by atoms with Gasteiger partial charge in [0.2, 0.25) is 5.82 Å². The summed E-state index contributed by atoms with van der Waals surface area (Å²) in [5, 5.41) is 6.30. The van der Waals surface area contributed by atoms with Gasteiger partial charge in [0.05, 0.1) is 5.60 Å². The molecule has 0 aliphatic heterocycles. The largest absolute Gasteiger partial charge is 0.471 e. The minimum absolute atomic E-state index is 0.0406. The van der Waals surface area contributed by atoms with Crippen molar-refractivity contribution in [2.75, 3.05) is 7.11 Å². The monoisotopic (exact) mass is 383 g/mol. The van der Waals surface area contributed by atoms with Crippen LogP contribution >= 0.6 is 0 Å². The highest BCUT2D eigenvalue weighted by Crippen LogP contribution is 2.51. The van der Waals surface area contributed by atoms with E-state index in [1.165, 1.54) is 24.3 Å². The third kappa shape index (κ3) is 3.31. The number of halogens is 3. The molecule has 1 aromatic carbocycles. The van der Waals surface area contributed by atoms with Gasteiger partial charge in [-0.15, -0.1) is 0 Å². The van der Waals surface area contributed by atoms with Gasteiger partial charge < -0.3 is 14.6 Å². The van der Waals surface area contributed by atoms with Crippen molar-refractivity contribution in [3.05, 3.63) is 35.7 Å². The summed E-state index contributed by atoms with van der Waals surface area (Å²) >= 11 is 0. The first kappa shape index (κ1) is 19.3. The molecule has 0 saturated heterocycles. The Kier molecular flexibility index (Phi) is 4.54. The van der Waals surface area contributed by atoms with Crippen LogP contribution in [0.5, 0.6) is 0 Å². The molecule has 1 saturated carbocycles. The topological polar surface area (TPSA) is 77.2 Å². The molecule has 2 atom stereocenters. The van der Waals surface area contributed by atoms with Gasteiger partial charge in [0, 0.05) is 29.7 Å². The lowest BCUT2D eigenvalue weighted by molar-refractivity contribution is -0.177. The second-order valence-electron chi connectivity index (χ2n) is 7.39. The fraction of sp³-hybridized carbons (Fsp3) is 0.500. The first-order valence-corrected chi connectivity index (χ1v) is 8.35. The molecule has 9 heteroatoms. The number of amides is 1. The summed E-state index contributed by atoms with van der Waals surface area (Å²) < 4.78 is 47.4. The highest BCUT2D eigenvalue weighted by molar-refractivity contribution is 5.95. The number of benzene rings is 1. The van der Waals surface area contributed by atoms with E-state index in [0.717, 1.165) is 0 Å². The standard InChI is InChI=1S/C18H20F3N3O3/c1-16(2)12(9-17(16,3)26-4)22-14(25)11-7-5-10(6-8-11)13-23-15(27-24-13)18(19,20)21/h5-8,12H,9H2,1-4H3,(H,22,25)/t12-,17-/m1/s1. The zero-order valence-electron chi connectivity index (χ0n) is 15.3. The number of carbonyl (C=O) groups is 1. The Bertz CT molecular complexity index is 846. The number of aromatic nitrogens is 2. The van der Waals surface area contributed by atoms with Gasteiger partial charge in [-0.1, -0.05) is 31.1 Å². The Morgan fingerprint density at radius 2 is 1.89 bits per heavy atom. The molecular weight excluding hydrogens is 363 g/mol. The number of nitrogens with one attached hydrogen (secondary N) is 1. The number of rotatable bonds is 4. The zero-order valence-corrected chi connectivity index (χ0v) is 15.3. The van der Waals surface area contributed by atoms with Crippen molar-refractivity contribution in [3.8, 4) is 11.4 Å². The Labute approximate surface area is 154 Å². The molecule has 1 heterocycles. The summed E-state index contributed by atoms with van der Waals surface area (Å²) in [6.07, 6.45) is -4.00. The maximum absolute atomic E-state index is 12.5. The summed E-state index contributed by atoms with van der Waals surface area (Å²) in [7, 11) is 1.65. The molecule has 0 bridgehead atoms. The maximum atomic E-state index is 12.5. The fourth-order valence-electron chi connectivity index (χ4n) is 3.19. The van der Waals surface area contributed by atoms with Crippen LogP contribution in [0.15, 0.2) is 28.8 Å². The number of carbonyl (C=O) groups excluding carboxylic acids is 1. The Morgan fingerprint density at radius 1 is 1.26 bits per heavy atom. The van der Waals surface area contributed by atoms with Gasteiger partial charge in [-0.25, -0.2) is 0 Å².